The summed E-state index contributed by atoms with van der Waals surface area (Å²) in [5.41, 5.74) is 13.7. The summed E-state index contributed by atoms with van der Waals surface area (Å²) >= 11 is 0. The van der Waals surface area contributed by atoms with Crippen LogP contribution in [0.4, 0.5) is 50.9 Å². The molecule has 2 fully saturated rings. The predicted molar refractivity (Wildman–Crippen MR) is 475 cm³/mol. The Balaban J connectivity index is 0.000000191. The number of hydrogen-bond acceptors (Lipinski definition) is 9. The fourth-order valence-electron chi connectivity index (χ4n) is 17.3. The van der Waals surface area contributed by atoms with Crippen molar-refractivity contribution < 1.29 is 71.1 Å². The van der Waals surface area contributed by atoms with Crippen LogP contribution in [0.3, 0.4) is 0 Å². The van der Waals surface area contributed by atoms with Crippen molar-refractivity contribution in [2.75, 3.05) is 36.0 Å². The van der Waals surface area contributed by atoms with Gasteiger partial charge in [0.2, 0.25) is 0 Å². The number of anilines is 2. The highest BCUT2D eigenvalue weighted by Crippen LogP contribution is 2.56. The summed E-state index contributed by atoms with van der Waals surface area (Å²) in [5.74, 6) is -13.9. The topological polar surface area (TPSA) is 94.6 Å². The van der Waals surface area contributed by atoms with Crippen LogP contribution < -0.4 is 28.2 Å². The SMILES string of the molecule is CCCCCCCCCCCCCCCCCC(=O)Oc1ccc(-c2ccc(-c3cc4c(c5ccccc35)C=CC(c3ccccc3)(c3ccc(N5CCCC5)cc3)O4)cc2)cc1.O=S(=O)(Oc1ccc(-c2ccc(-c3cc4c(c5ccccc35)C=CC(c3ccccc3)(c3ccc(N5CCCC5)cc3)O4)cc2)cc1)C(F)(F)C(F)(F)C(F)(F)C(F)(F)F. The molecule has 0 bridgehead atoms. The molecule has 2 saturated heterocycles. The third kappa shape index (κ3) is 18.6. The lowest BCUT2D eigenvalue weighted by Gasteiger charge is -2.37. The largest absolute Gasteiger partial charge is 0.473 e. The molecule has 0 aliphatic carbocycles. The van der Waals surface area contributed by atoms with Crippen LogP contribution in [-0.2, 0) is 26.1 Å². The van der Waals surface area contributed by atoms with E-state index in [0.717, 1.165) is 165 Å². The summed E-state index contributed by atoms with van der Waals surface area (Å²) in [6.45, 7) is 6.55. The van der Waals surface area contributed by atoms with Crippen molar-refractivity contribution in [2.24, 2.45) is 0 Å². The monoisotopic (exact) mass is 1690 g/mol. The lowest BCUT2D eigenvalue weighted by molar-refractivity contribution is -0.382. The molecule has 2 unspecified atom stereocenters. The second-order valence-electron chi connectivity index (χ2n) is 32.4. The Kier molecular flexibility index (Phi) is 26.4. The van der Waals surface area contributed by atoms with Crippen LogP contribution in [0, 0.1) is 0 Å². The average molecular weight is 1690 g/mol. The summed E-state index contributed by atoms with van der Waals surface area (Å²) in [6.07, 6.45) is 26.4. The maximum atomic E-state index is 14.2. The minimum atomic E-state index is -7.41. The van der Waals surface area contributed by atoms with Gasteiger partial charge in [-0.05, 0) is 183 Å². The molecule has 12 aromatic rings. The Morgan fingerprint density at radius 1 is 0.374 bits per heavy atom. The summed E-state index contributed by atoms with van der Waals surface area (Å²) in [5, 5.41) is -2.75. The van der Waals surface area contributed by atoms with Gasteiger partial charge in [0.15, 0.2) is 11.2 Å². The van der Waals surface area contributed by atoms with Gasteiger partial charge in [-0.1, -0.05) is 303 Å². The first-order valence-corrected chi connectivity index (χ1v) is 44.3. The average Bonchev–Trinajstić information content (AvgIpc) is 0.837. The molecule has 0 aromatic heterocycles. The molecule has 0 saturated carbocycles. The van der Waals surface area contributed by atoms with Crippen LogP contribution in [0.2, 0.25) is 0 Å². The van der Waals surface area contributed by atoms with E-state index < -0.39 is 50.3 Å². The second-order valence-corrected chi connectivity index (χ2v) is 34.0. The number of benzene rings is 12. The Labute approximate surface area is 714 Å². The Bertz CT molecular complexity index is 5780. The fourth-order valence-corrected chi connectivity index (χ4v) is 18.2. The number of nitrogens with zero attached hydrogens (tertiary/aromatic N) is 2. The molecule has 0 spiro atoms. The van der Waals surface area contributed by atoms with Crippen LogP contribution in [0.25, 0.3) is 78.2 Å². The van der Waals surface area contributed by atoms with Gasteiger partial charge in [-0.25, -0.2) is 0 Å². The zero-order valence-corrected chi connectivity index (χ0v) is 69.6. The quantitative estimate of drug-likeness (QED) is 0.0134. The first-order valence-electron chi connectivity index (χ1n) is 42.9. The van der Waals surface area contributed by atoms with Crippen LogP contribution in [-0.4, -0.2) is 63.8 Å². The summed E-state index contributed by atoms with van der Waals surface area (Å²) in [7, 11) is -7.08. The highest BCUT2D eigenvalue weighted by molar-refractivity contribution is 7.88. The predicted octanol–water partition coefficient (Wildman–Crippen LogP) is 28.5. The van der Waals surface area contributed by atoms with Crippen LogP contribution in [0.1, 0.15) is 169 Å². The van der Waals surface area contributed by atoms with Crippen LogP contribution in [0.15, 0.2) is 279 Å². The number of halogens is 9. The van der Waals surface area contributed by atoms with Gasteiger partial charge in [0.1, 0.15) is 23.0 Å². The van der Waals surface area contributed by atoms with E-state index in [4.69, 9.17) is 14.2 Å². The number of fused-ring (bicyclic) bond motifs is 6. The normalized spacial score (nSPS) is 16.5. The van der Waals surface area contributed by atoms with Crippen molar-refractivity contribution in [1.82, 2.24) is 0 Å². The van der Waals surface area contributed by atoms with E-state index in [2.05, 4.69) is 179 Å². The number of carbonyl (C=O) groups excluding carboxylic acids is 1. The molecule has 12 aromatic carbocycles. The fraction of sp³-hybridized carbons (Fsp3) is 0.298. The van der Waals surface area contributed by atoms with Crippen LogP contribution >= 0.6 is 0 Å². The molecule has 0 N–H and O–H groups in total. The zero-order valence-electron chi connectivity index (χ0n) is 68.7. The third-order valence-corrected chi connectivity index (χ3v) is 25.5. The Hall–Kier alpha value is -11.6. The van der Waals surface area contributed by atoms with Gasteiger partial charge >= 0.3 is 39.4 Å². The van der Waals surface area contributed by atoms with E-state index >= 15 is 0 Å². The molecule has 123 heavy (non-hydrogen) atoms. The van der Waals surface area contributed by atoms with E-state index in [1.54, 1.807) is 12.1 Å². The molecule has 636 valence electrons. The summed E-state index contributed by atoms with van der Waals surface area (Å²) < 4.78 is 168. The van der Waals surface area contributed by atoms with Crippen molar-refractivity contribution >= 4 is 61.2 Å². The molecular weight excluding hydrogens is 1590 g/mol. The molecule has 4 aliphatic heterocycles. The van der Waals surface area contributed by atoms with Gasteiger partial charge in [-0.2, -0.15) is 47.9 Å². The van der Waals surface area contributed by atoms with E-state index in [9.17, 15) is 52.7 Å². The summed E-state index contributed by atoms with van der Waals surface area (Å²) in [6, 6.07) is 86.2. The molecule has 4 heterocycles. The van der Waals surface area contributed by atoms with Gasteiger partial charge in [0.25, 0.3) is 0 Å². The second kappa shape index (κ2) is 37.6. The van der Waals surface area contributed by atoms with Crippen LogP contribution in [0.5, 0.6) is 23.0 Å². The van der Waals surface area contributed by atoms with E-state index in [-0.39, 0.29) is 5.97 Å². The maximum absolute atomic E-state index is 14.2. The van der Waals surface area contributed by atoms with Crippen molar-refractivity contribution in [2.45, 2.75) is 170 Å². The first kappa shape index (κ1) is 86.4. The van der Waals surface area contributed by atoms with Gasteiger partial charge in [0, 0.05) is 77.4 Å². The highest BCUT2D eigenvalue weighted by atomic mass is 32.2. The number of carbonyl (C=O) groups is 1. The molecular formula is C104H99F9N2O7S. The molecule has 16 rings (SSSR count). The number of unbranched alkanes of at least 4 members (excludes halogenated alkanes) is 14. The first-order chi connectivity index (χ1) is 59.5. The van der Waals surface area contributed by atoms with Crippen molar-refractivity contribution in [1.29, 1.82) is 0 Å². The number of esters is 1. The molecule has 0 radical (unpaired) electrons. The van der Waals surface area contributed by atoms with Gasteiger partial charge in [-0.15, -0.1) is 0 Å². The lowest BCUT2D eigenvalue weighted by atomic mass is 9.82. The smallest absolute Gasteiger partial charge is 0.460 e. The molecule has 4 aliphatic rings. The van der Waals surface area contributed by atoms with E-state index in [1.165, 1.54) is 113 Å². The molecule has 2 atom stereocenters. The van der Waals surface area contributed by atoms with Crippen molar-refractivity contribution in [3.8, 4) is 67.5 Å². The van der Waals surface area contributed by atoms with Crippen molar-refractivity contribution in [3.05, 3.63) is 312 Å². The Morgan fingerprint density at radius 3 is 1.07 bits per heavy atom. The number of ether oxygens (including phenoxy) is 3. The van der Waals surface area contributed by atoms with E-state index in [1.807, 2.05) is 97.1 Å². The zero-order chi connectivity index (χ0) is 85.8. The highest BCUT2D eigenvalue weighted by Gasteiger charge is 2.86. The van der Waals surface area contributed by atoms with E-state index in [0.29, 0.717) is 29.0 Å². The molecule has 0 amide bonds. The summed E-state index contributed by atoms with van der Waals surface area (Å²) in [4.78, 5) is 17.5. The van der Waals surface area contributed by atoms with Gasteiger partial charge in [-0.3, -0.25) is 4.79 Å². The third-order valence-electron chi connectivity index (χ3n) is 24.2. The number of hydrogen-bond donors (Lipinski definition) is 0. The van der Waals surface area contributed by atoms with Gasteiger partial charge in [0.05, 0.1) is 0 Å². The number of alkyl halides is 9. The van der Waals surface area contributed by atoms with Gasteiger partial charge < -0.3 is 28.2 Å². The molecule has 19 heteroatoms. The molecule has 9 nitrogen and oxygen atoms in total. The lowest BCUT2D eigenvalue weighted by Crippen LogP contribution is -2.63. The Morgan fingerprint density at radius 2 is 0.699 bits per heavy atom. The minimum Gasteiger partial charge on any atom is -0.473 e. The maximum Gasteiger partial charge on any atom is 0.460 e. The standard InChI is InChI=1S/C59H67NO3.C45H32F9NO4S/c1-2-3-4-5-6-7-8-9-10-11-12-13-14-15-19-28-58(61)62-52-39-33-47(34-40-52)46-29-31-48(32-30-46)56-45-57-55(53-26-20-21-27-54(53)56)41-42-59(63-57,49-24-17-16-18-25-49)50-35-37-51(38-36-50)60-43-22-23-44-60;46-42(47,44(50,51)52)43(48,49)45(53,54)60(56,57)59-35-22-16-30(17-23-35)29-12-14-31(15-13-29)39-28-40-38(36-10-4-5-11-37(36)39)24-25-41(58-40,32-8-2-1-3-9-32)33-18-20-34(21-19-33)55-26-6-7-27-55/h16-18,20-21,24-27,29-42,45H,2-15,19,22-23,28,43-44H2,1H3;1-5,8-25,28H,6-7,26-27H2. The minimum absolute atomic E-state index is 0.144. The van der Waals surface area contributed by atoms with Crippen molar-refractivity contribution in [3.63, 3.8) is 0 Å². The number of rotatable bonds is 32.